The van der Waals surface area contributed by atoms with Crippen LogP contribution < -0.4 is 5.32 Å². The molecule has 0 unspecified atom stereocenters. The zero-order chi connectivity index (χ0) is 14.5. The molecule has 5 nitrogen and oxygen atoms in total. The maximum Gasteiger partial charge on any atom is 0.330 e. The highest BCUT2D eigenvalue weighted by atomic mass is 16.4. The standard InChI is InChI=1S/C15H20N2O3/c1-11-6-5-9-17(11)10-13(18)16-14(15(19)20)12-7-3-2-4-8-12/h2-4,7-8,11,14H,5-6,9-10H2,1H3,(H,16,18)(H,19,20)/t11-,14-/m0/s1. The van der Waals surface area contributed by atoms with Crippen LogP contribution in [0.2, 0.25) is 0 Å². The van der Waals surface area contributed by atoms with Crippen molar-refractivity contribution < 1.29 is 14.7 Å². The van der Waals surface area contributed by atoms with Gasteiger partial charge in [-0.3, -0.25) is 9.69 Å². The SMILES string of the molecule is C[C@H]1CCCN1CC(=O)N[C@H](C(=O)O)c1ccccc1. The van der Waals surface area contributed by atoms with Crippen molar-refractivity contribution in [3.63, 3.8) is 0 Å². The van der Waals surface area contributed by atoms with Gasteiger partial charge in [-0.05, 0) is 31.9 Å². The predicted molar refractivity (Wildman–Crippen MR) is 75.2 cm³/mol. The van der Waals surface area contributed by atoms with E-state index in [1.165, 1.54) is 0 Å². The Morgan fingerprint density at radius 3 is 2.65 bits per heavy atom. The Balaban J connectivity index is 1.98. The van der Waals surface area contributed by atoms with Gasteiger partial charge in [0.1, 0.15) is 0 Å². The molecule has 0 aliphatic carbocycles. The van der Waals surface area contributed by atoms with Gasteiger partial charge in [-0.1, -0.05) is 30.3 Å². The number of carbonyl (C=O) groups is 2. The van der Waals surface area contributed by atoms with E-state index in [1.54, 1.807) is 24.3 Å². The highest BCUT2D eigenvalue weighted by Gasteiger charge is 2.26. The van der Waals surface area contributed by atoms with Crippen LogP contribution in [0.25, 0.3) is 0 Å². The first kappa shape index (κ1) is 14.5. The Morgan fingerprint density at radius 2 is 2.10 bits per heavy atom. The van der Waals surface area contributed by atoms with Crippen molar-refractivity contribution in [2.75, 3.05) is 13.1 Å². The summed E-state index contributed by atoms with van der Waals surface area (Å²) < 4.78 is 0. The molecule has 1 aliphatic rings. The van der Waals surface area contributed by atoms with Gasteiger partial charge in [-0.15, -0.1) is 0 Å². The monoisotopic (exact) mass is 276 g/mol. The minimum Gasteiger partial charge on any atom is -0.479 e. The molecule has 108 valence electrons. The van der Waals surface area contributed by atoms with Crippen molar-refractivity contribution in [2.24, 2.45) is 0 Å². The van der Waals surface area contributed by atoms with Gasteiger partial charge in [-0.2, -0.15) is 0 Å². The van der Waals surface area contributed by atoms with Crippen LogP contribution in [0.1, 0.15) is 31.4 Å². The number of carboxylic acid groups (broad SMARTS) is 1. The maximum atomic E-state index is 12.0. The number of amides is 1. The largest absolute Gasteiger partial charge is 0.479 e. The van der Waals surface area contributed by atoms with E-state index in [9.17, 15) is 14.7 Å². The number of likely N-dealkylation sites (tertiary alicyclic amines) is 1. The fraction of sp³-hybridized carbons (Fsp3) is 0.467. The Morgan fingerprint density at radius 1 is 1.40 bits per heavy atom. The topological polar surface area (TPSA) is 69.6 Å². The molecule has 1 aliphatic heterocycles. The average molecular weight is 276 g/mol. The second-order valence-corrected chi connectivity index (χ2v) is 5.21. The van der Waals surface area contributed by atoms with E-state index in [0.29, 0.717) is 11.6 Å². The van der Waals surface area contributed by atoms with Crippen molar-refractivity contribution in [3.8, 4) is 0 Å². The van der Waals surface area contributed by atoms with Crippen LogP contribution in [0.5, 0.6) is 0 Å². The molecule has 2 rings (SSSR count). The molecule has 0 saturated carbocycles. The normalized spacial score (nSPS) is 20.6. The van der Waals surface area contributed by atoms with Gasteiger partial charge in [0.25, 0.3) is 0 Å². The van der Waals surface area contributed by atoms with E-state index in [1.807, 2.05) is 6.07 Å². The third kappa shape index (κ3) is 3.57. The Labute approximate surface area is 118 Å². The summed E-state index contributed by atoms with van der Waals surface area (Å²) in [6.45, 7) is 3.25. The maximum absolute atomic E-state index is 12.0. The zero-order valence-electron chi connectivity index (χ0n) is 11.6. The van der Waals surface area contributed by atoms with Gasteiger partial charge in [0, 0.05) is 6.04 Å². The Bertz CT molecular complexity index is 475. The fourth-order valence-corrected chi connectivity index (χ4v) is 2.55. The second kappa shape index (κ2) is 6.52. The summed E-state index contributed by atoms with van der Waals surface area (Å²) in [6, 6.07) is 8.16. The highest BCUT2D eigenvalue weighted by molar-refractivity contribution is 5.85. The first-order valence-electron chi connectivity index (χ1n) is 6.89. The fourth-order valence-electron chi connectivity index (χ4n) is 2.55. The van der Waals surface area contributed by atoms with Gasteiger partial charge >= 0.3 is 5.97 Å². The van der Waals surface area contributed by atoms with Crippen molar-refractivity contribution in [3.05, 3.63) is 35.9 Å². The molecular formula is C15H20N2O3. The average Bonchev–Trinajstić information content (AvgIpc) is 2.82. The molecule has 1 aromatic rings. The molecule has 5 heteroatoms. The second-order valence-electron chi connectivity index (χ2n) is 5.21. The van der Waals surface area contributed by atoms with Crippen LogP contribution >= 0.6 is 0 Å². The van der Waals surface area contributed by atoms with E-state index in [2.05, 4.69) is 17.1 Å². The number of hydrogen-bond acceptors (Lipinski definition) is 3. The lowest BCUT2D eigenvalue weighted by Gasteiger charge is -2.22. The number of aliphatic carboxylic acids is 1. The van der Waals surface area contributed by atoms with Gasteiger partial charge < -0.3 is 10.4 Å². The molecule has 1 amide bonds. The lowest BCUT2D eigenvalue weighted by molar-refractivity contribution is -0.142. The number of carbonyl (C=O) groups excluding carboxylic acids is 1. The molecule has 1 heterocycles. The van der Waals surface area contributed by atoms with Crippen LogP contribution in [-0.4, -0.2) is 41.0 Å². The van der Waals surface area contributed by atoms with Crippen LogP contribution in [0, 0.1) is 0 Å². The summed E-state index contributed by atoms with van der Waals surface area (Å²) in [5, 5.41) is 11.9. The van der Waals surface area contributed by atoms with Gasteiger partial charge in [0.15, 0.2) is 6.04 Å². The lowest BCUT2D eigenvalue weighted by Crippen LogP contribution is -2.42. The third-order valence-corrected chi connectivity index (χ3v) is 3.72. The first-order chi connectivity index (χ1) is 9.58. The van der Waals surface area contributed by atoms with E-state index in [0.717, 1.165) is 19.4 Å². The van der Waals surface area contributed by atoms with Gasteiger partial charge in [-0.25, -0.2) is 4.79 Å². The molecule has 1 saturated heterocycles. The van der Waals surface area contributed by atoms with E-state index in [-0.39, 0.29) is 12.5 Å². The van der Waals surface area contributed by atoms with Gasteiger partial charge in [0.05, 0.1) is 6.54 Å². The van der Waals surface area contributed by atoms with Crippen LogP contribution in [0.15, 0.2) is 30.3 Å². The Hall–Kier alpha value is -1.88. The molecule has 2 N–H and O–H groups in total. The van der Waals surface area contributed by atoms with Crippen molar-refractivity contribution in [2.45, 2.75) is 31.8 Å². The molecule has 1 aromatic carbocycles. The number of rotatable bonds is 5. The summed E-state index contributed by atoms with van der Waals surface area (Å²) >= 11 is 0. The van der Waals surface area contributed by atoms with Crippen molar-refractivity contribution in [1.82, 2.24) is 10.2 Å². The van der Waals surface area contributed by atoms with E-state index in [4.69, 9.17) is 0 Å². The predicted octanol–water partition coefficient (Wildman–Crippen LogP) is 1.41. The molecule has 0 bridgehead atoms. The summed E-state index contributed by atoms with van der Waals surface area (Å²) in [5.41, 5.74) is 0.586. The van der Waals surface area contributed by atoms with E-state index >= 15 is 0 Å². The summed E-state index contributed by atoms with van der Waals surface area (Å²) in [7, 11) is 0. The summed E-state index contributed by atoms with van der Waals surface area (Å²) in [4.78, 5) is 25.4. The highest BCUT2D eigenvalue weighted by Crippen LogP contribution is 2.16. The summed E-state index contributed by atoms with van der Waals surface area (Å²) in [6.07, 6.45) is 2.18. The number of nitrogens with one attached hydrogen (secondary N) is 1. The van der Waals surface area contributed by atoms with Crippen LogP contribution in [0.4, 0.5) is 0 Å². The lowest BCUT2D eigenvalue weighted by atomic mass is 10.1. The van der Waals surface area contributed by atoms with Crippen molar-refractivity contribution >= 4 is 11.9 Å². The molecule has 1 fully saturated rings. The van der Waals surface area contributed by atoms with Crippen LogP contribution in [-0.2, 0) is 9.59 Å². The van der Waals surface area contributed by atoms with Crippen molar-refractivity contribution in [1.29, 1.82) is 0 Å². The molecule has 0 radical (unpaired) electrons. The summed E-state index contributed by atoms with van der Waals surface area (Å²) in [5.74, 6) is -1.28. The van der Waals surface area contributed by atoms with E-state index < -0.39 is 12.0 Å². The third-order valence-electron chi connectivity index (χ3n) is 3.72. The quantitative estimate of drug-likeness (QED) is 0.853. The first-order valence-corrected chi connectivity index (χ1v) is 6.89. The molecule has 2 atom stereocenters. The minimum absolute atomic E-state index is 0.241. The number of benzene rings is 1. The zero-order valence-corrected chi connectivity index (χ0v) is 11.6. The smallest absolute Gasteiger partial charge is 0.330 e. The number of hydrogen-bond donors (Lipinski definition) is 2. The molecule has 20 heavy (non-hydrogen) atoms. The number of nitrogens with zero attached hydrogens (tertiary/aromatic N) is 1. The molecular weight excluding hydrogens is 256 g/mol. The molecule has 0 spiro atoms. The Kier molecular flexibility index (Phi) is 4.74. The molecule has 0 aromatic heterocycles. The number of carboxylic acids is 1. The van der Waals surface area contributed by atoms with Gasteiger partial charge in [0.2, 0.25) is 5.91 Å². The minimum atomic E-state index is -1.04. The van der Waals surface area contributed by atoms with Crippen LogP contribution in [0.3, 0.4) is 0 Å².